The van der Waals surface area contributed by atoms with E-state index in [1.165, 1.54) is 0 Å². The number of nitriles is 1. The number of para-hydroxylation sites is 2. The van der Waals surface area contributed by atoms with E-state index >= 15 is 0 Å². The van der Waals surface area contributed by atoms with E-state index in [1.807, 2.05) is 97.1 Å². The Morgan fingerprint density at radius 3 is 1.19 bits per heavy atom. The molecule has 306 valence electrons. The van der Waals surface area contributed by atoms with Gasteiger partial charge in [0.25, 0.3) is 0 Å². The van der Waals surface area contributed by atoms with Crippen molar-refractivity contribution in [2.75, 3.05) is 24.0 Å². The number of rotatable bonds is 12. The van der Waals surface area contributed by atoms with Crippen LogP contribution < -0.4 is 19.3 Å². The third-order valence-electron chi connectivity index (χ3n) is 11.3. The normalized spacial score (nSPS) is 11.1. The standard InChI is InChI=1S/C58H42N4O2/c1-60-58-54-37-23-43(16-14-41-18-24-47(25-19-41)61(45-10-6-4-7-11-45)49-28-32-51(63-2)33-29-49)38-55(54)57(40-59)53-36-22-44(39-56(53)58)17-15-42-20-26-48(27-21-42)62(46-12-8-5-9-13-46)50-30-34-52(64-3)35-31-50/h4-39H,2-3H3. The highest BCUT2D eigenvalue weighted by Gasteiger charge is 2.16. The molecule has 0 aliphatic carbocycles. The van der Waals surface area contributed by atoms with Crippen molar-refractivity contribution in [3.63, 3.8) is 0 Å². The Hall–Kier alpha value is -8.84. The first-order valence-corrected chi connectivity index (χ1v) is 20.9. The van der Waals surface area contributed by atoms with Crippen LogP contribution in [0.2, 0.25) is 0 Å². The minimum absolute atomic E-state index is 0.536. The Bertz CT molecular complexity index is 3000. The molecule has 9 rings (SSSR count). The number of methoxy groups -OCH3 is 2. The highest BCUT2D eigenvalue weighted by atomic mass is 16.5. The fourth-order valence-electron chi connectivity index (χ4n) is 8.05. The summed E-state index contributed by atoms with van der Waals surface area (Å²) >= 11 is 0. The Balaban J connectivity index is 0.966. The molecule has 6 heteroatoms. The van der Waals surface area contributed by atoms with Crippen molar-refractivity contribution in [2.24, 2.45) is 0 Å². The highest BCUT2D eigenvalue weighted by molar-refractivity contribution is 6.16. The monoisotopic (exact) mass is 826 g/mol. The molecule has 0 fully saturated rings. The smallest absolute Gasteiger partial charge is 0.202 e. The molecule has 0 bridgehead atoms. The van der Waals surface area contributed by atoms with Crippen molar-refractivity contribution in [3.8, 4) is 17.6 Å². The van der Waals surface area contributed by atoms with Crippen LogP contribution in [0.3, 0.4) is 0 Å². The van der Waals surface area contributed by atoms with Crippen molar-refractivity contribution in [2.45, 2.75) is 0 Å². The number of hydrogen-bond donors (Lipinski definition) is 0. The van der Waals surface area contributed by atoms with E-state index in [-0.39, 0.29) is 0 Å². The number of ether oxygens (including phenoxy) is 2. The fraction of sp³-hybridized carbons (Fsp3) is 0.0345. The molecule has 0 atom stereocenters. The number of benzene rings is 9. The average Bonchev–Trinajstić information content (AvgIpc) is 3.36. The van der Waals surface area contributed by atoms with Gasteiger partial charge in [-0.25, -0.2) is 4.85 Å². The van der Waals surface area contributed by atoms with Crippen LogP contribution in [0, 0.1) is 17.9 Å². The molecule has 0 spiro atoms. The van der Waals surface area contributed by atoms with E-state index in [0.29, 0.717) is 11.3 Å². The van der Waals surface area contributed by atoms with Gasteiger partial charge in [-0.15, -0.1) is 0 Å². The van der Waals surface area contributed by atoms with Gasteiger partial charge in [0.05, 0.1) is 26.4 Å². The van der Waals surface area contributed by atoms with Crippen molar-refractivity contribution in [1.29, 1.82) is 5.26 Å². The molecule has 9 aromatic rings. The average molecular weight is 827 g/mol. The van der Waals surface area contributed by atoms with Crippen LogP contribution in [0.1, 0.15) is 27.8 Å². The molecule has 0 heterocycles. The number of anilines is 6. The van der Waals surface area contributed by atoms with Crippen LogP contribution in [-0.4, -0.2) is 14.2 Å². The van der Waals surface area contributed by atoms with E-state index < -0.39 is 0 Å². The van der Waals surface area contributed by atoms with Gasteiger partial charge in [-0.05, 0) is 147 Å². The SMILES string of the molecule is [C-]#[N+]c1c2ccc(C=Cc3ccc(N(c4ccccc4)c4ccc(OC)cc4)cc3)cc2c(C#N)c2ccc(C=Cc3ccc(N(c4ccccc4)c4ccc(OC)cc4)cc3)cc12. The summed E-state index contributed by atoms with van der Waals surface area (Å²) < 4.78 is 10.8. The van der Waals surface area contributed by atoms with Crippen LogP contribution in [0.15, 0.2) is 194 Å². The molecule has 0 aliphatic heterocycles. The molecule has 0 aliphatic rings. The largest absolute Gasteiger partial charge is 0.497 e. The summed E-state index contributed by atoms with van der Waals surface area (Å²) in [5, 5.41) is 13.6. The van der Waals surface area contributed by atoms with Crippen molar-refractivity contribution >= 4 is 85.7 Å². The van der Waals surface area contributed by atoms with Crippen LogP contribution in [-0.2, 0) is 0 Å². The van der Waals surface area contributed by atoms with E-state index in [2.05, 4.69) is 142 Å². The minimum atomic E-state index is 0.536. The second kappa shape index (κ2) is 18.4. The van der Waals surface area contributed by atoms with Gasteiger partial charge in [-0.3, -0.25) is 0 Å². The molecule has 64 heavy (non-hydrogen) atoms. The van der Waals surface area contributed by atoms with Gasteiger partial charge >= 0.3 is 0 Å². The maximum Gasteiger partial charge on any atom is 0.202 e. The quantitative estimate of drug-likeness (QED) is 0.0698. The van der Waals surface area contributed by atoms with E-state index in [0.717, 1.165) is 89.4 Å². The molecular formula is C58H42N4O2. The lowest BCUT2D eigenvalue weighted by atomic mass is 9.93. The topological polar surface area (TPSA) is 53.1 Å². The molecular weight excluding hydrogens is 785 g/mol. The summed E-state index contributed by atoms with van der Waals surface area (Å²) in [5.74, 6) is 1.61. The first-order chi connectivity index (χ1) is 31.5. The van der Waals surface area contributed by atoms with E-state index in [4.69, 9.17) is 16.0 Å². The maximum absolute atomic E-state index is 10.5. The lowest BCUT2D eigenvalue weighted by Crippen LogP contribution is -2.09. The van der Waals surface area contributed by atoms with Crippen molar-refractivity contribution < 1.29 is 9.47 Å². The third-order valence-corrected chi connectivity index (χ3v) is 11.3. The second-order valence-corrected chi connectivity index (χ2v) is 15.1. The van der Waals surface area contributed by atoms with E-state index in [1.54, 1.807) is 14.2 Å². The molecule has 0 radical (unpaired) electrons. The van der Waals surface area contributed by atoms with Gasteiger partial charge < -0.3 is 19.3 Å². The summed E-state index contributed by atoms with van der Waals surface area (Å²) in [6.07, 6.45) is 8.24. The first kappa shape index (κ1) is 40.6. The highest BCUT2D eigenvalue weighted by Crippen LogP contribution is 2.41. The summed E-state index contributed by atoms with van der Waals surface area (Å²) in [6, 6.07) is 68.0. The number of nitrogens with zero attached hydrogens (tertiary/aromatic N) is 4. The van der Waals surface area contributed by atoms with Gasteiger partial charge in [-0.2, -0.15) is 5.26 Å². The van der Waals surface area contributed by atoms with Crippen molar-refractivity contribution in [3.05, 3.63) is 233 Å². The molecule has 0 aromatic heterocycles. The lowest BCUT2D eigenvalue weighted by molar-refractivity contribution is 0.414. The Morgan fingerprint density at radius 2 is 0.781 bits per heavy atom. The van der Waals surface area contributed by atoms with Gasteiger partial charge in [-0.1, -0.05) is 115 Å². The van der Waals surface area contributed by atoms with Gasteiger partial charge in [0, 0.05) is 34.1 Å². The summed E-state index contributed by atoms with van der Waals surface area (Å²) in [7, 11) is 3.34. The van der Waals surface area contributed by atoms with Crippen LogP contribution in [0.5, 0.6) is 11.5 Å². The Morgan fingerprint density at radius 1 is 0.422 bits per heavy atom. The predicted molar refractivity (Wildman–Crippen MR) is 266 cm³/mol. The Kier molecular flexibility index (Phi) is 11.7. The van der Waals surface area contributed by atoms with Crippen LogP contribution >= 0.6 is 0 Å². The fourth-order valence-corrected chi connectivity index (χ4v) is 8.05. The second-order valence-electron chi connectivity index (χ2n) is 15.1. The van der Waals surface area contributed by atoms with Gasteiger partial charge in [0.15, 0.2) is 0 Å². The first-order valence-electron chi connectivity index (χ1n) is 20.9. The molecule has 0 saturated carbocycles. The predicted octanol–water partition coefficient (Wildman–Crippen LogP) is 15.7. The number of hydrogen-bond acceptors (Lipinski definition) is 5. The summed E-state index contributed by atoms with van der Waals surface area (Å²) in [6.45, 7) is 8.26. The van der Waals surface area contributed by atoms with Crippen LogP contribution in [0.25, 0.3) is 50.7 Å². The molecule has 0 N–H and O–H groups in total. The summed E-state index contributed by atoms with van der Waals surface area (Å²) in [4.78, 5) is 8.44. The maximum atomic E-state index is 10.5. The number of fused-ring (bicyclic) bond motifs is 2. The van der Waals surface area contributed by atoms with Crippen molar-refractivity contribution in [1.82, 2.24) is 0 Å². The molecule has 9 aromatic carbocycles. The zero-order valence-electron chi connectivity index (χ0n) is 35.4. The Labute approximate surface area is 373 Å². The third kappa shape index (κ3) is 8.41. The van der Waals surface area contributed by atoms with E-state index in [9.17, 15) is 5.26 Å². The molecule has 0 saturated heterocycles. The zero-order valence-corrected chi connectivity index (χ0v) is 35.4. The lowest BCUT2D eigenvalue weighted by Gasteiger charge is -2.25. The molecule has 0 amide bonds. The minimum Gasteiger partial charge on any atom is -0.497 e. The van der Waals surface area contributed by atoms with Gasteiger partial charge in [0.2, 0.25) is 5.69 Å². The molecule has 0 unspecified atom stereocenters. The van der Waals surface area contributed by atoms with Crippen LogP contribution in [0.4, 0.5) is 39.8 Å². The molecule has 6 nitrogen and oxygen atoms in total. The zero-order chi connectivity index (χ0) is 43.8. The summed E-state index contributed by atoms with van der Waals surface area (Å²) in [5.41, 5.74) is 11.3. The van der Waals surface area contributed by atoms with Gasteiger partial charge in [0.1, 0.15) is 17.6 Å².